The highest BCUT2D eigenvalue weighted by molar-refractivity contribution is 7.16. The van der Waals surface area contributed by atoms with Crippen LogP contribution in [0.3, 0.4) is 0 Å². The van der Waals surface area contributed by atoms with Crippen LogP contribution in [0.5, 0.6) is 0 Å². The van der Waals surface area contributed by atoms with Gasteiger partial charge in [-0.15, -0.1) is 22.7 Å². The van der Waals surface area contributed by atoms with E-state index in [1.165, 1.54) is 9.75 Å². The van der Waals surface area contributed by atoms with Gasteiger partial charge in [-0.3, -0.25) is 4.79 Å². The first-order valence-corrected chi connectivity index (χ1v) is 8.05. The predicted octanol–water partition coefficient (Wildman–Crippen LogP) is 3.49. The lowest BCUT2D eigenvalue weighted by Gasteiger charge is -2.06. The van der Waals surface area contributed by atoms with Crippen molar-refractivity contribution in [3.8, 4) is 10.6 Å². The second kappa shape index (κ2) is 6.30. The van der Waals surface area contributed by atoms with E-state index in [1.807, 2.05) is 20.8 Å². The van der Waals surface area contributed by atoms with E-state index >= 15 is 0 Å². The molecule has 2 aromatic rings. The molecule has 0 bridgehead atoms. The number of hydrogen-bond donors (Lipinski definition) is 1. The molecule has 0 fully saturated rings. The topological polar surface area (TPSA) is 42.0 Å². The van der Waals surface area contributed by atoms with Gasteiger partial charge in [-0.05, 0) is 25.5 Å². The summed E-state index contributed by atoms with van der Waals surface area (Å²) in [6.07, 6.45) is 0.881. The number of carbonyl (C=O) groups is 1. The number of carbonyl (C=O) groups excluding carboxylic acids is 1. The zero-order valence-corrected chi connectivity index (χ0v) is 13.0. The lowest BCUT2D eigenvalue weighted by Crippen LogP contribution is -2.29. The van der Waals surface area contributed by atoms with E-state index in [0.717, 1.165) is 17.1 Å². The molecule has 2 rings (SSSR count). The first-order valence-electron chi connectivity index (χ1n) is 6.35. The molecule has 1 amide bonds. The van der Waals surface area contributed by atoms with Crippen LogP contribution in [0.15, 0.2) is 17.5 Å². The van der Waals surface area contributed by atoms with Crippen molar-refractivity contribution in [2.75, 3.05) is 6.54 Å². The summed E-state index contributed by atoms with van der Waals surface area (Å²) in [5.74, 6) is 0.170. The van der Waals surface area contributed by atoms with Crippen LogP contribution in [0.25, 0.3) is 10.6 Å². The average molecular weight is 294 g/mol. The maximum atomic E-state index is 11.4. The van der Waals surface area contributed by atoms with Gasteiger partial charge in [0.2, 0.25) is 5.91 Å². The Balaban J connectivity index is 1.89. The third kappa shape index (κ3) is 3.88. The summed E-state index contributed by atoms with van der Waals surface area (Å²) in [6, 6.07) is 4.23. The first-order chi connectivity index (χ1) is 9.06. The molecule has 2 aromatic heterocycles. The Morgan fingerprint density at radius 2 is 2.21 bits per heavy atom. The Hall–Kier alpha value is -1.20. The molecule has 102 valence electrons. The van der Waals surface area contributed by atoms with E-state index in [1.54, 1.807) is 22.7 Å². The van der Waals surface area contributed by atoms with Gasteiger partial charge in [0, 0.05) is 22.7 Å². The molecule has 0 saturated carbocycles. The number of hydrogen-bond acceptors (Lipinski definition) is 4. The molecule has 0 aliphatic carbocycles. The van der Waals surface area contributed by atoms with Gasteiger partial charge >= 0.3 is 0 Å². The van der Waals surface area contributed by atoms with Gasteiger partial charge < -0.3 is 5.32 Å². The van der Waals surface area contributed by atoms with Crippen LogP contribution >= 0.6 is 22.7 Å². The monoisotopic (exact) mass is 294 g/mol. The molecule has 19 heavy (non-hydrogen) atoms. The van der Waals surface area contributed by atoms with Gasteiger partial charge in [-0.1, -0.05) is 13.8 Å². The van der Waals surface area contributed by atoms with Crippen LogP contribution in [0.4, 0.5) is 0 Å². The summed E-state index contributed by atoms with van der Waals surface area (Å²) in [5.41, 5.74) is 1.06. The molecule has 0 aromatic carbocycles. The summed E-state index contributed by atoms with van der Waals surface area (Å²) < 4.78 is 0. The van der Waals surface area contributed by atoms with E-state index in [0.29, 0.717) is 6.54 Å². The Kier molecular flexibility index (Phi) is 4.71. The molecule has 0 unspecified atom stereocenters. The zero-order chi connectivity index (χ0) is 13.8. The third-order valence-electron chi connectivity index (χ3n) is 2.73. The molecule has 0 spiro atoms. The largest absolute Gasteiger partial charge is 0.356 e. The number of nitrogens with one attached hydrogen (secondary N) is 1. The molecule has 1 N–H and O–H groups in total. The van der Waals surface area contributed by atoms with E-state index in [9.17, 15) is 4.79 Å². The number of aromatic nitrogens is 1. The number of nitrogens with zero attached hydrogens (tertiary/aromatic N) is 1. The van der Waals surface area contributed by atoms with Crippen molar-refractivity contribution in [3.63, 3.8) is 0 Å². The summed E-state index contributed by atoms with van der Waals surface area (Å²) >= 11 is 3.42. The van der Waals surface area contributed by atoms with Crippen molar-refractivity contribution >= 4 is 28.6 Å². The SMILES string of the molecule is Cc1nc(-c2ccc(CCNC(=O)C(C)C)s2)cs1. The van der Waals surface area contributed by atoms with Crippen molar-refractivity contribution < 1.29 is 4.79 Å². The molecule has 2 heterocycles. The third-order valence-corrected chi connectivity index (χ3v) is 4.67. The second-order valence-electron chi connectivity index (χ2n) is 4.71. The molecule has 0 aliphatic rings. The highest BCUT2D eigenvalue weighted by atomic mass is 32.1. The maximum absolute atomic E-state index is 11.4. The van der Waals surface area contributed by atoms with Crippen molar-refractivity contribution in [1.29, 1.82) is 0 Å². The van der Waals surface area contributed by atoms with Crippen LogP contribution < -0.4 is 5.32 Å². The number of amides is 1. The van der Waals surface area contributed by atoms with E-state index in [4.69, 9.17) is 0 Å². The van der Waals surface area contributed by atoms with Crippen molar-refractivity contribution in [2.24, 2.45) is 5.92 Å². The molecule has 0 radical (unpaired) electrons. The molecular formula is C14H18N2OS2. The minimum atomic E-state index is 0.0527. The Bertz CT molecular complexity index is 557. The lowest BCUT2D eigenvalue weighted by atomic mass is 10.2. The summed E-state index contributed by atoms with van der Waals surface area (Å²) in [7, 11) is 0. The van der Waals surface area contributed by atoms with Crippen molar-refractivity contribution in [3.05, 3.63) is 27.4 Å². The maximum Gasteiger partial charge on any atom is 0.222 e. The number of aryl methyl sites for hydroxylation is 1. The van der Waals surface area contributed by atoms with E-state index in [2.05, 4.69) is 27.8 Å². The molecule has 0 atom stereocenters. The predicted molar refractivity (Wildman–Crippen MR) is 81.7 cm³/mol. The normalized spacial score (nSPS) is 10.9. The summed E-state index contributed by atoms with van der Waals surface area (Å²) in [5, 5.41) is 6.12. The molecule has 0 aliphatic heterocycles. The second-order valence-corrected chi connectivity index (χ2v) is 6.94. The minimum Gasteiger partial charge on any atom is -0.356 e. The molecular weight excluding hydrogens is 276 g/mol. The highest BCUT2D eigenvalue weighted by Crippen LogP contribution is 2.29. The van der Waals surface area contributed by atoms with Crippen molar-refractivity contribution in [2.45, 2.75) is 27.2 Å². The fourth-order valence-corrected chi connectivity index (χ4v) is 3.29. The molecule has 3 nitrogen and oxygen atoms in total. The first kappa shape index (κ1) is 14.2. The quantitative estimate of drug-likeness (QED) is 0.917. The minimum absolute atomic E-state index is 0.0527. The van der Waals surface area contributed by atoms with Gasteiger partial charge in [0.15, 0.2) is 0 Å². The summed E-state index contributed by atoms with van der Waals surface area (Å²) in [6.45, 7) is 6.53. The van der Waals surface area contributed by atoms with E-state index < -0.39 is 0 Å². The van der Waals surface area contributed by atoms with E-state index in [-0.39, 0.29) is 11.8 Å². The average Bonchev–Trinajstić information content (AvgIpc) is 2.97. The Labute approximate surface area is 121 Å². The van der Waals surface area contributed by atoms with Crippen LogP contribution in [-0.2, 0) is 11.2 Å². The van der Waals surface area contributed by atoms with Gasteiger partial charge in [0.25, 0.3) is 0 Å². The van der Waals surface area contributed by atoms with Gasteiger partial charge in [0.1, 0.15) is 0 Å². The van der Waals surface area contributed by atoms with Gasteiger partial charge in [0.05, 0.1) is 15.6 Å². The summed E-state index contributed by atoms with van der Waals surface area (Å²) in [4.78, 5) is 18.4. The van der Waals surface area contributed by atoms with Crippen molar-refractivity contribution in [1.82, 2.24) is 10.3 Å². The molecule has 0 saturated heterocycles. The molecule has 5 heteroatoms. The highest BCUT2D eigenvalue weighted by Gasteiger charge is 2.08. The van der Waals surface area contributed by atoms with Gasteiger partial charge in [-0.25, -0.2) is 4.98 Å². The lowest BCUT2D eigenvalue weighted by molar-refractivity contribution is -0.123. The number of thiophene rings is 1. The van der Waals surface area contributed by atoms with Crippen LogP contribution in [0.1, 0.15) is 23.7 Å². The number of rotatable bonds is 5. The van der Waals surface area contributed by atoms with Crippen LogP contribution in [0.2, 0.25) is 0 Å². The number of thiazole rings is 1. The standard InChI is InChI=1S/C14H18N2OS2/c1-9(2)14(17)15-7-6-11-4-5-13(19-11)12-8-18-10(3)16-12/h4-5,8-9H,6-7H2,1-3H3,(H,15,17). The van der Waals surface area contributed by atoms with Gasteiger partial charge in [-0.2, -0.15) is 0 Å². The Morgan fingerprint density at radius 3 is 2.84 bits per heavy atom. The van der Waals surface area contributed by atoms with Crippen LogP contribution in [-0.4, -0.2) is 17.4 Å². The van der Waals surface area contributed by atoms with Crippen LogP contribution in [0, 0.1) is 12.8 Å². The Morgan fingerprint density at radius 1 is 1.42 bits per heavy atom. The zero-order valence-electron chi connectivity index (χ0n) is 11.4. The fraction of sp³-hybridized carbons (Fsp3) is 0.429. The smallest absolute Gasteiger partial charge is 0.222 e. The fourth-order valence-electron chi connectivity index (χ4n) is 1.64.